The van der Waals surface area contributed by atoms with Gasteiger partial charge in [0.1, 0.15) is 18.0 Å². The predicted octanol–water partition coefficient (Wildman–Crippen LogP) is 2.50. The SMILES string of the molecule is CCCn1ncnc1CC(NC(C)C)c1ccc(F)cn1. The lowest BCUT2D eigenvalue weighted by atomic mass is 10.1. The zero-order chi connectivity index (χ0) is 15.2. The van der Waals surface area contributed by atoms with Gasteiger partial charge in [0.25, 0.3) is 0 Å². The van der Waals surface area contributed by atoms with Crippen LogP contribution in [0.25, 0.3) is 0 Å². The first kappa shape index (κ1) is 15.6. The number of aromatic nitrogens is 4. The van der Waals surface area contributed by atoms with Crippen LogP contribution < -0.4 is 5.32 Å². The van der Waals surface area contributed by atoms with E-state index in [0.717, 1.165) is 24.5 Å². The van der Waals surface area contributed by atoms with Gasteiger partial charge in [-0.3, -0.25) is 9.67 Å². The first-order valence-corrected chi connectivity index (χ1v) is 7.34. The summed E-state index contributed by atoms with van der Waals surface area (Å²) in [6.07, 6.45) is 4.51. The second kappa shape index (κ2) is 7.26. The lowest BCUT2D eigenvalue weighted by Gasteiger charge is -2.20. The Hall–Kier alpha value is -1.82. The fraction of sp³-hybridized carbons (Fsp3) is 0.533. The third-order valence-corrected chi connectivity index (χ3v) is 3.16. The highest BCUT2D eigenvalue weighted by atomic mass is 19.1. The van der Waals surface area contributed by atoms with Crippen LogP contribution in [0.3, 0.4) is 0 Å². The van der Waals surface area contributed by atoms with Gasteiger partial charge in [0.05, 0.1) is 17.9 Å². The van der Waals surface area contributed by atoms with E-state index >= 15 is 0 Å². The minimum absolute atomic E-state index is 0.00888. The Bertz CT molecular complexity index is 549. The molecule has 0 aliphatic carbocycles. The van der Waals surface area contributed by atoms with Gasteiger partial charge in [0, 0.05) is 19.0 Å². The number of halogens is 1. The molecule has 1 N–H and O–H groups in total. The Labute approximate surface area is 124 Å². The molecular formula is C15H22FN5. The molecule has 0 saturated heterocycles. The maximum atomic E-state index is 13.0. The summed E-state index contributed by atoms with van der Waals surface area (Å²) in [5.41, 5.74) is 0.816. The van der Waals surface area contributed by atoms with Crippen molar-refractivity contribution in [2.24, 2.45) is 0 Å². The van der Waals surface area contributed by atoms with Gasteiger partial charge >= 0.3 is 0 Å². The lowest BCUT2D eigenvalue weighted by Crippen LogP contribution is -2.31. The van der Waals surface area contributed by atoms with Crippen LogP contribution in [0.15, 0.2) is 24.7 Å². The second-order valence-corrected chi connectivity index (χ2v) is 5.38. The van der Waals surface area contributed by atoms with Gasteiger partial charge in [-0.25, -0.2) is 9.37 Å². The first-order chi connectivity index (χ1) is 10.1. The monoisotopic (exact) mass is 291 g/mol. The Kier molecular flexibility index (Phi) is 5.38. The third-order valence-electron chi connectivity index (χ3n) is 3.16. The molecule has 0 saturated carbocycles. The predicted molar refractivity (Wildman–Crippen MR) is 79.2 cm³/mol. The average Bonchev–Trinajstić information content (AvgIpc) is 2.86. The van der Waals surface area contributed by atoms with E-state index in [4.69, 9.17) is 0 Å². The molecule has 6 heteroatoms. The number of aryl methyl sites for hydroxylation is 1. The number of hydrogen-bond donors (Lipinski definition) is 1. The van der Waals surface area contributed by atoms with E-state index < -0.39 is 0 Å². The van der Waals surface area contributed by atoms with Crippen molar-refractivity contribution >= 4 is 0 Å². The quantitative estimate of drug-likeness (QED) is 0.851. The van der Waals surface area contributed by atoms with Crippen molar-refractivity contribution in [3.05, 3.63) is 42.0 Å². The van der Waals surface area contributed by atoms with Crippen molar-refractivity contribution in [3.63, 3.8) is 0 Å². The van der Waals surface area contributed by atoms with Gasteiger partial charge < -0.3 is 5.32 Å². The van der Waals surface area contributed by atoms with Crippen LogP contribution in [0.2, 0.25) is 0 Å². The molecule has 0 amide bonds. The number of rotatable bonds is 7. The molecule has 2 rings (SSSR count). The van der Waals surface area contributed by atoms with Crippen molar-refractivity contribution in [1.82, 2.24) is 25.1 Å². The highest BCUT2D eigenvalue weighted by Crippen LogP contribution is 2.16. The Morgan fingerprint density at radius 3 is 2.71 bits per heavy atom. The summed E-state index contributed by atoms with van der Waals surface area (Å²) in [4.78, 5) is 8.53. The number of hydrogen-bond acceptors (Lipinski definition) is 4. The Morgan fingerprint density at radius 2 is 2.10 bits per heavy atom. The minimum Gasteiger partial charge on any atom is -0.306 e. The van der Waals surface area contributed by atoms with Crippen LogP contribution in [0.1, 0.15) is 44.8 Å². The summed E-state index contributed by atoms with van der Waals surface area (Å²) in [7, 11) is 0. The number of nitrogens with zero attached hydrogens (tertiary/aromatic N) is 4. The zero-order valence-corrected chi connectivity index (χ0v) is 12.8. The highest BCUT2D eigenvalue weighted by Gasteiger charge is 2.18. The molecule has 0 aromatic carbocycles. The van der Waals surface area contributed by atoms with E-state index in [1.165, 1.54) is 12.3 Å². The molecule has 0 radical (unpaired) electrons. The molecule has 1 unspecified atom stereocenters. The fourth-order valence-electron chi connectivity index (χ4n) is 2.27. The normalized spacial score (nSPS) is 12.8. The van der Waals surface area contributed by atoms with Gasteiger partial charge in [-0.1, -0.05) is 20.8 Å². The Morgan fingerprint density at radius 1 is 1.29 bits per heavy atom. The van der Waals surface area contributed by atoms with E-state index in [1.807, 2.05) is 4.68 Å². The maximum Gasteiger partial charge on any atom is 0.141 e. The number of nitrogens with one attached hydrogen (secondary N) is 1. The van der Waals surface area contributed by atoms with Crippen molar-refractivity contribution < 1.29 is 4.39 Å². The molecule has 21 heavy (non-hydrogen) atoms. The van der Waals surface area contributed by atoms with Crippen LogP contribution >= 0.6 is 0 Å². The third kappa shape index (κ3) is 4.32. The van der Waals surface area contributed by atoms with E-state index in [1.54, 1.807) is 12.4 Å². The van der Waals surface area contributed by atoms with Crippen molar-refractivity contribution in [2.45, 2.75) is 52.2 Å². The summed E-state index contributed by atoms with van der Waals surface area (Å²) in [5, 5.41) is 7.70. The highest BCUT2D eigenvalue weighted by molar-refractivity contribution is 5.12. The summed E-state index contributed by atoms with van der Waals surface area (Å²) < 4.78 is 15.0. The first-order valence-electron chi connectivity index (χ1n) is 7.34. The maximum absolute atomic E-state index is 13.0. The summed E-state index contributed by atoms with van der Waals surface area (Å²) in [5.74, 6) is 0.595. The number of pyridine rings is 1. The summed E-state index contributed by atoms with van der Waals surface area (Å²) >= 11 is 0. The molecule has 0 fully saturated rings. The molecule has 2 aromatic rings. The smallest absolute Gasteiger partial charge is 0.141 e. The van der Waals surface area contributed by atoms with Gasteiger partial charge in [0.2, 0.25) is 0 Å². The summed E-state index contributed by atoms with van der Waals surface area (Å²) in [6, 6.07) is 3.44. The standard InChI is InChI=1S/C15H22FN5/c1-4-7-21-15(18-10-19-21)8-14(20-11(2)3)13-6-5-12(16)9-17-13/h5-6,9-11,14,20H,4,7-8H2,1-3H3. The molecule has 5 nitrogen and oxygen atoms in total. The van der Waals surface area contributed by atoms with E-state index in [2.05, 4.69) is 41.2 Å². The van der Waals surface area contributed by atoms with Gasteiger partial charge in [0.15, 0.2) is 0 Å². The topological polar surface area (TPSA) is 55.6 Å². The molecule has 114 valence electrons. The van der Waals surface area contributed by atoms with E-state index in [-0.39, 0.29) is 11.9 Å². The Balaban J connectivity index is 2.19. The fourth-order valence-corrected chi connectivity index (χ4v) is 2.27. The zero-order valence-electron chi connectivity index (χ0n) is 12.8. The van der Waals surface area contributed by atoms with E-state index in [9.17, 15) is 4.39 Å². The van der Waals surface area contributed by atoms with Crippen LogP contribution in [0.5, 0.6) is 0 Å². The lowest BCUT2D eigenvalue weighted by molar-refractivity contribution is 0.443. The van der Waals surface area contributed by atoms with Crippen molar-refractivity contribution in [1.29, 1.82) is 0 Å². The van der Waals surface area contributed by atoms with Crippen molar-refractivity contribution in [3.8, 4) is 0 Å². The van der Waals surface area contributed by atoms with Gasteiger partial charge in [-0.05, 0) is 18.6 Å². The largest absolute Gasteiger partial charge is 0.306 e. The second-order valence-electron chi connectivity index (χ2n) is 5.38. The molecule has 2 aromatic heterocycles. The summed E-state index contributed by atoms with van der Waals surface area (Å²) in [6.45, 7) is 7.11. The minimum atomic E-state index is -0.323. The molecule has 0 spiro atoms. The molecule has 0 aliphatic rings. The van der Waals surface area contributed by atoms with Crippen molar-refractivity contribution in [2.75, 3.05) is 0 Å². The van der Waals surface area contributed by atoms with Gasteiger partial charge in [-0.15, -0.1) is 0 Å². The average molecular weight is 291 g/mol. The van der Waals surface area contributed by atoms with Crippen LogP contribution in [0.4, 0.5) is 4.39 Å². The molecule has 2 heterocycles. The van der Waals surface area contributed by atoms with Gasteiger partial charge in [-0.2, -0.15) is 5.10 Å². The molecule has 0 bridgehead atoms. The van der Waals surface area contributed by atoms with Crippen LogP contribution in [-0.2, 0) is 13.0 Å². The molecule has 1 atom stereocenters. The molecular weight excluding hydrogens is 269 g/mol. The van der Waals surface area contributed by atoms with E-state index in [0.29, 0.717) is 12.5 Å². The van der Waals surface area contributed by atoms with Crippen LogP contribution in [-0.4, -0.2) is 25.8 Å². The molecule has 0 aliphatic heterocycles. The van der Waals surface area contributed by atoms with Crippen LogP contribution in [0, 0.1) is 5.82 Å².